The van der Waals surface area contributed by atoms with Crippen LogP contribution in [0.15, 0.2) is 0 Å². The Morgan fingerprint density at radius 1 is 0.867 bits per heavy atom. The van der Waals surface area contributed by atoms with Crippen molar-refractivity contribution in [3.05, 3.63) is 0 Å². The van der Waals surface area contributed by atoms with E-state index in [1.807, 2.05) is 0 Å². The summed E-state index contributed by atoms with van der Waals surface area (Å²) < 4.78 is 0. The second-order valence-electron chi connectivity index (χ2n) is 4.71. The molecule has 0 aromatic rings. The van der Waals surface area contributed by atoms with Gasteiger partial charge in [-0.1, -0.05) is 55.5 Å². The Hall–Kier alpha value is 0.440. The molecule has 0 aliphatic rings. The number of halogens is 1. The molecular formula is C13H27BrO. The lowest BCUT2D eigenvalue weighted by atomic mass is 9.87. The number of rotatable bonds is 10. The molecule has 0 aliphatic carbocycles. The molecule has 2 unspecified atom stereocenters. The summed E-state index contributed by atoms with van der Waals surface area (Å²) in [6.45, 7) is 5.02. The van der Waals surface area contributed by atoms with Gasteiger partial charge in [-0.05, 0) is 31.1 Å². The maximum atomic E-state index is 8.77. The third-order valence-electron chi connectivity index (χ3n) is 3.33. The molecule has 0 spiro atoms. The Bertz CT molecular complexity index is 128. The first-order valence-corrected chi connectivity index (χ1v) is 7.51. The standard InChI is InChI=1S/C13H27BrO/c1-12(13(2)9-7-11-15)8-5-3-4-6-10-14/h12-13,15H,3-11H2,1-2H3. The third-order valence-corrected chi connectivity index (χ3v) is 3.89. The van der Waals surface area contributed by atoms with Crippen molar-refractivity contribution in [2.24, 2.45) is 11.8 Å². The first-order valence-electron chi connectivity index (χ1n) is 6.39. The summed E-state index contributed by atoms with van der Waals surface area (Å²) in [4.78, 5) is 0. The van der Waals surface area contributed by atoms with Crippen LogP contribution in [0.5, 0.6) is 0 Å². The smallest absolute Gasteiger partial charge is 0.0431 e. The van der Waals surface area contributed by atoms with Crippen LogP contribution < -0.4 is 0 Å². The van der Waals surface area contributed by atoms with Gasteiger partial charge in [0.25, 0.3) is 0 Å². The summed E-state index contributed by atoms with van der Waals surface area (Å²) in [7, 11) is 0. The zero-order valence-corrected chi connectivity index (χ0v) is 11.9. The molecule has 1 nitrogen and oxygen atoms in total. The molecule has 0 fully saturated rings. The molecule has 0 saturated heterocycles. The minimum absolute atomic E-state index is 0.350. The fourth-order valence-electron chi connectivity index (χ4n) is 1.90. The molecule has 0 radical (unpaired) electrons. The lowest BCUT2D eigenvalue weighted by Gasteiger charge is -2.19. The van der Waals surface area contributed by atoms with E-state index in [4.69, 9.17) is 5.11 Å². The highest BCUT2D eigenvalue weighted by atomic mass is 79.9. The van der Waals surface area contributed by atoms with E-state index >= 15 is 0 Å². The first-order chi connectivity index (χ1) is 7.22. The van der Waals surface area contributed by atoms with Crippen LogP contribution in [0.2, 0.25) is 0 Å². The monoisotopic (exact) mass is 278 g/mol. The quantitative estimate of drug-likeness (QED) is 0.465. The minimum atomic E-state index is 0.350. The Morgan fingerprint density at radius 3 is 1.93 bits per heavy atom. The van der Waals surface area contributed by atoms with Gasteiger partial charge < -0.3 is 5.11 Å². The van der Waals surface area contributed by atoms with E-state index < -0.39 is 0 Å². The van der Waals surface area contributed by atoms with Gasteiger partial charge in [-0.25, -0.2) is 0 Å². The Balaban J connectivity index is 3.34. The van der Waals surface area contributed by atoms with Crippen LogP contribution in [-0.4, -0.2) is 17.0 Å². The molecular weight excluding hydrogens is 252 g/mol. The zero-order valence-electron chi connectivity index (χ0n) is 10.3. The first kappa shape index (κ1) is 15.4. The van der Waals surface area contributed by atoms with Gasteiger partial charge in [0.15, 0.2) is 0 Å². The number of aliphatic hydroxyl groups excluding tert-OH is 1. The SMILES string of the molecule is CC(CCCO)C(C)CCCCCCBr. The predicted octanol–water partition coefficient (Wildman–Crippen LogP) is 4.38. The molecule has 0 heterocycles. The summed E-state index contributed by atoms with van der Waals surface area (Å²) in [5.41, 5.74) is 0. The van der Waals surface area contributed by atoms with E-state index in [1.165, 1.54) is 38.5 Å². The summed E-state index contributed by atoms with van der Waals surface area (Å²) in [5.74, 6) is 1.59. The molecule has 1 N–H and O–H groups in total. The Morgan fingerprint density at radius 2 is 1.40 bits per heavy atom. The van der Waals surface area contributed by atoms with E-state index in [-0.39, 0.29) is 0 Å². The van der Waals surface area contributed by atoms with Crippen molar-refractivity contribution in [1.82, 2.24) is 0 Å². The van der Waals surface area contributed by atoms with E-state index in [1.54, 1.807) is 0 Å². The second kappa shape index (κ2) is 10.9. The molecule has 15 heavy (non-hydrogen) atoms. The third kappa shape index (κ3) is 9.37. The molecule has 0 amide bonds. The summed E-state index contributed by atoms with van der Waals surface area (Å²) in [6, 6.07) is 0. The van der Waals surface area contributed by atoms with Gasteiger partial charge in [0.05, 0.1) is 0 Å². The normalized spacial score (nSPS) is 15.2. The van der Waals surface area contributed by atoms with Gasteiger partial charge in [-0.2, -0.15) is 0 Å². The molecule has 0 saturated carbocycles. The molecule has 92 valence electrons. The topological polar surface area (TPSA) is 20.2 Å². The molecule has 0 aromatic carbocycles. The molecule has 0 bridgehead atoms. The van der Waals surface area contributed by atoms with E-state index in [9.17, 15) is 0 Å². The van der Waals surface area contributed by atoms with Gasteiger partial charge in [0.2, 0.25) is 0 Å². The second-order valence-corrected chi connectivity index (χ2v) is 5.51. The van der Waals surface area contributed by atoms with E-state index in [0.717, 1.165) is 23.6 Å². The highest BCUT2D eigenvalue weighted by Crippen LogP contribution is 2.22. The van der Waals surface area contributed by atoms with Crippen LogP contribution in [-0.2, 0) is 0 Å². The molecule has 2 heteroatoms. The van der Waals surface area contributed by atoms with Crippen LogP contribution >= 0.6 is 15.9 Å². The van der Waals surface area contributed by atoms with E-state index in [2.05, 4.69) is 29.8 Å². The van der Waals surface area contributed by atoms with Gasteiger partial charge in [-0.3, -0.25) is 0 Å². The van der Waals surface area contributed by atoms with E-state index in [0.29, 0.717) is 6.61 Å². The number of alkyl halides is 1. The largest absolute Gasteiger partial charge is 0.396 e. The minimum Gasteiger partial charge on any atom is -0.396 e. The highest BCUT2D eigenvalue weighted by Gasteiger charge is 2.10. The van der Waals surface area contributed by atoms with Crippen molar-refractivity contribution in [2.75, 3.05) is 11.9 Å². The maximum Gasteiger partial charge on any atom is 0.0431 e. The van der Waals surface area contributed by atoms with Gasteiger partial charge in [0, 0.05) is 11.9 Å². The average Bonchev–Trinajstić information content (AvgIpc) is 2.25. The van der Waals surface area contributed by atoms with Gasteiger partial charge >= 0.3 is 0 Å². The van der Waals surface area contributed by atoms with Crippen LogP contribution in [0.4, 0.5) is 0 Å². The number of hydrogen-bond acceptors (Lipinski definition) is 1. The van der Waals surface area contributed by atoms with Crippen LogP contribution in [0.25, 0.3) is 0 Å². The highest BCUT2D eigenvalue weighted by molar-refractivity contribution is 9.09. The number of unbranched alkanes of at least 4 members (excludes halogenated alkanes) is 3. The average molecular weight is 279 g/mol. The van der Waals surface area contributed by atoms with Crippen LogP contribution in [0.3, 0.4) is 0 Å². The molecule has 0 rings (SSSR count). The Labute approximate surface area is 104 Å². The summed E-state index contributed by atoms with van der Waals surface area (Å²) >= 11 is 3.46. The van der Waals surface area contributed by atoms with Crippen molar-refractivity contribution >= 4 is 15.9 Å². The van der Waals surface area contributed by atoms with Gasteiger partial charge in [-0.15, -0.1) is 0 Å². The van der Waals surface area contributed by atoms with Crippen molar-refractivity contribution in [3.8, 4) is 0 Å². The van der Waals surface area contributed by atoms with Crippen LogP contribution in [0.1, 0.15) is 58.8 Å². The van der Waals surface area contributed by atoms with Crippen molar-refractivity contribution in [3.63, 3.8) is 0 Å². The van der Waals surface area contributed by atoms with Gasteiger partial charge in [0.1, 0.15) is 0 Å². The molecule has 0 aliphatic heterocycles. The van der Waals surface area contributed by atoms with Crippen molar-refractivity contribution in [2.45, 2.75) is 58.8 Å². The summed E-state index contributed by atoms with van der Waals surface area (Å²) in [6.07, 6.45) is 8.93. The predicted molar refractivity (Wildman–Crippen MR) is 71.5 cm³/mol. The zero-order chi connectivity index (χ0) is 11.5. The lowest BCUT2D eigenvalue weighted by Crippen LogP contribution is -2.08. The van der Waals surface area contributed by atoms with Crippen molar-refractivity contribution in [1.29, 1.82) is 0 Å². The fourth-order valence-corrected chi connectivity index (χ4v) is 2.29. The Kier molecular flexibility index (Phi) is 11.3. The molecule has 2 atom stereocenters. The van der Waals surface area contributed by atoms with Crippen molar-refractivity contribution < 1.29 is 5.11 Å². The molecule has 0 aromatic heterocycles. The fraction of sp³-hybridized carbons (Fsp3) is 1.00. The lowest BCUT2D eigenvalue weighted by molar-refractivity contribution is 0.252. The maximum absolute atomic E-state index is 8.77. The van der Waals surface area contributed by atoms with Crippen LogP contribution in [0, 0.1) is 11.8 Å². The summed E-state index contributed by atoms with van der Waals surface area (Å²) in [5, 5.41) is 9.91. The number of hydrogen-bond donors (Lipinski definition) is 1. The number of aliphatic hydroxyl groups is 1.